The number of aromatic amines is 2. The molecular formula is C32H23F6N5O5. The summed E-state index contributed by atoms with van der Waals surface area (Å²) in [5.41, 5.74) is 0.889. The van der Waals surface area contributed by atoms with Gasteiger partial charge in [-0.05, 0) is 66.6 Å². The topological polar surface area (TPSA) is 160 Å². The average molecular weight is 672 g/mol. The number of nitrogens with one attached hydrogen (secondary N) is 3. The van der Waals surface area contributed by atoms with E-state index in [0.29, 0.717) is 11.8 Å². The smallest absolute Gasteiger partial charge is 0.417 e. The quantitative estimate of drug-likeness (QED) is 0.155. The monoisotopic (exact) mass is 671 g/mol. The molecule has 10 nitrogen and oxygen atoms in total. The standard InChI is InChI=1S/C24H17F3N4O4.C8H6F3NO/c1-13-19(3-2-6-28-13)35-20-12-18(24(25,26)27)16(14-4-7-29-21(32)9-14)11-17(20)23(34)31-15-5-8-30-22(33)10-15;9-8(10,11)6-4-2-1-3-5(6)7(12)13/h2-12H,1H3,(H,29,32)(H2,30,31,33,34);1-4H,(H2,12,13). The van der Waals surface area contributed by atoms with Crippen LogP contribution in [0, 0.1) is 6.92 Å². The van der Waals surface area contributed by atoms with Gasteiger partial charge in [0.25, 0.3) is 5.91 Å². The minimum atomic E-state index is -4.83. The lowest BCUT2D eigenvalue weighted by molar-refractivity contribution is -0.138. The number of nitrogens with two attached hydrogens (primary N) is 1. The summed E-state index contributed by atoms with van der Waals surface area (Å²) in [5, 5.41) is 2.48. The number of aryl methyl sites for hydroxylation is 1. The molecule has 0 saturated carbocycles. The minimum absolute atomic E-state index is 0.0459. The van der Waals surface area contributed by atoms with E-state index in [0.717, 1.165) is 30.3 Å². The molecule has 16 heteroatoms. The van der Waals surface area contributed by atoms with E-state index >= 15 is 0 Å². The summed E-state index contributed by atoms with van der Waals surface area (Å²) < 4.78 is 84.5. The Hall–Kier alpha value is -6.19. The molecule has 0 aliphatic rings. The number of benzene rings is 2. The van der Waals surface area contributed by atoms with Crippen molar-refractivity contribution >= 4 is 17.5 Å². The first-order valence-electron chi connectivity index (χ1n) is 13.5. The van der Waals surface area contributed by atoms with Crippen LogP contribution in [0.1, 0.15) is 37.5 Å². The Morgan fingerprint density at radius 1 is 0.771 bits per heavy atom. The van der Waals surface area contributed by atoms with E-state index in [2.05, 4.69) is 20.3 Å². The molecule has 3 aromatic heterocycles. The molecule has 0 unspecified atom stereocenters. The van der Waals surface area contributed by atoms with Crippen LogP contribution in [0.2, 0.25) is 0 Å². The van der Waals surface area contributed by atoms with Crippen LogP contribution in [-0.2, 0) is 12.4 Å². The molecule has 3 heterocycles. The normalized spacial score (nSPS) is 11.2. The van der Waals surface area contributed by atoms with Crippen LogP contribution < -0.4 is 26.9 Å². The molecule has 2 aromatic carbocycles. The Bertz CT molecular complexity index is 2090. The number of carbonyl (C=O) groups excluding carboxylic acids is 2. The first-order chi connectivity index (χ1) is 22.5. The number of hydrogen-bond donors (Lipinski definition) is 4. The molecule has 5 aromatic rings. The maximum atomic E-state index is 14.1. The number of anilines is 1. The molecule has 5 N–H and O–H groups in total. The van der Waals surface area contributed by atoms with Crippen molar-refractivity contribution in [3.05, 3.63) is 140 Å². The van der Waals surface area contributed by atoms with Gasteiger partial charge in [-0.15, -0.1) is 0 Å². The van der Waals surface area contributed by atoms with Crippen LogP contribution in [0.15, 0.2) is 101 Å². The van der Waals surface area contributed by atoms with E-state index in [1.54, 1.807) is 6.92 Å². The highest BCUT2D eigenvalue weighted by Crippen LogP contribution is 2.42. The van der Waals surface area contributed by atoms with Crippen molar-refractivity contribution in [2.75, 3.05) is 5.32 Å². The number of alkyl halides is 6. The zero-order valence-electron chi connectivity index (χ0n) is 24.5. The molecule has 48 heavy (non-hydrogen) atoms. The van der Waals surface area contributed by atoms with Crippen LogP contribution >= 0.6 is 0 Å². The molecule has 248 valence electrons. The number of halogens is 6. The molecule has 0 spiro atoms. The Balaban J connectivity index is 0.000000336. The molecule has 5 rings (SSSR count). The highest BCUT2D eigenvalue weighted by Gasteiger charge is 2.36. The third-order valence-corrected chi connectivity index (χ3v) is 6.47. The molecule has 0 saturated heterocycles. The highest BCUT2D eigenvalue weighted by molar-refractivity contribution is 6.07. The van der Waals surface area contributed by atoms with Gasteiger partial charge < -0.3 is 25.8 Å². The van der Waals surface area contributed by atoms with Gasteiger partial charge >= 0.3 is 12.4 Å². The largest absolute Gasteiger partial charge is 0.455 e. The van der Waals surface area contributed by atoms with Gasteiger partial charge in [0.05, 0.1) is 27.9 Å². The summed E-state index contributed by atoms with van der Waals surface area (Å²) in [4.78, 5) is 55.9. The van der Waals surface area contributed by atoms with Gasteiger partial charge in [0.15, 0.2) is 0 Å². The predicted octanol–water partition coefficient (Wildman–Crippen LogP) is 6.30. The summed E-state index contributed by atoms with van der Waals surface area (Å²) in [6.07, 6.45) is -5.37. The van der Waals surface area contributed by atoms with Crippen LogP contribution in [0.4, 0.5) is 32.0 Å². The molecule has 0 aliphatic heterocycles. The summed E-state index contributed by atoms with van der Waals surface area (Å²) in [6.45, 7) is 1.60. The van der Waals surface area contributed by atoms with Crippen LogP contribution in [-0.4, -0.2) is 26.8 Å². The van der Waals surface area contributed by atoms with Crippen molar-refractivity contribution < 1.29 is 40.7 Å². The lowest BCUT2D eigenvalue weighted by Crippen LogP contribution is -2.18. The van der Waals surface area contributed by atoms with Gasteiger partial charge in [-0.1, -0.05) is 12.1 Å². The van der Waals surface area contributed by atoms with Crippen molar-refractivity contribution in [3.63, 3.8) is 0 Å². The minimum Gasteiger partial charge on any atom is -0.455 e. The second-order valence-electron chi connectivity index (χ2n) is 9.83. The average Bonchev–Trinajstić information content (AvgIpc) is 3.01. The third-order valence-electron chi connectivity index (χ3n) is 6.47. The molecule has 0 aliphatic carbocycles. The second kappa shape index (κ2) is 14.1. The molecular weight excluding hydrogens is 648 g/mol. The van der Waals surface area contributed by atoms with E-state index in [9.17, 15) is 45.5 Å². The van der Waals surface area contributed by atoms with Crippen LogP contribution in [0.3, 0.4) is 0 Å². The third kappa shape index (κ3) is 8.54. The van der Waals surface area contributed by atoms with Crippen molar-refractivity contribution in [1.82, 2.24) is 15.0 Å². The molecule has 0 atom stereocenters. The zero-order chi connectivity index (χ0) is 35.2. The zero-order valence-corrected chi connectivity index (χ0v) is 24.5. The number of ether oxygens (including phenoxy) is 1. The highest BCUT2D eigenvalue weighted by atomic mass is 19.4. The van der Waals surface area contributed by atoms with Gasteiger partial charge in [-0.3, -0.25) is 24.2 Å². The SMILES string of the molecule is Cc1ncccc1Oc1cc(C(F)(F)F)c(-c2cc[nH]c(=O)c2)cc1C(=O)Nc1cc[nH]c(=O)c1.NC(=O)c1ccccc1C(F)(F)F. The van der Waals surface area contributed by atoms with Crippen molar-refractivity contribution in [1.29, 1.82) is 0 Å². The number of rotatable bonds is 6. The number of H-pyrrole nitrogens is 2. The second-order valence-corrected chi connectivity index (χ2v) is 9.83. The predicted molar refractivity (Wildman–Crippen MR) is 162 cm³/mol. The van der Waals surface area contributed by atoms with Crippen molar-refractivity contribution in [2.45, 2.75) is 19.3 Å². The van der Waals surface area contributed by atoms with Crippen LogP contribution in [0.25, 0.3) is 11.1 Å². The Kier molecular flexibility index (Phi) is 10.2. The van der Waals surface area contributed by atoms with Crippen LogP contribution in [0.5, 0.6) is 11.5 Å². The summed E-state index contributed by atoms with van der Waals surface area (Å²) >= 11 is 0. The first kappa shape index (κ1) is 34.7. The first-order valence-corrected chi connectivity index (χ1v) is 13.5. The van der Waals surface area contributed by atoms with Gasteiger partial charge in [0.1, 0.15) is 11.5 Å². The lowest BCUT2D eigenvalue weighted by Gasteiger charge is -2.19. The lowest BCUT2D eigenvalue weighted by atomic mass is 9.96. The Morgan fingerprint density at radius 3 is 2.00 bits per heavy atom. The van der Waals surface area contributed by atoms with Gasteiger partial charge in [0.2, 0.25) is 17.0 Å². The van der Waals surface area contributed by atoms with E-state index < -0.39 is 57.5 Å². The molecule has 0 bridgehead atoms. The fourth-order valence-corrected chi connectivity index (χ4v) is 4.29. The van der Waals surface area contributed by atoms with E-state index in [1.807, 2.05) is 0 Å². The van der Waals surface area contributed by atoms with E-state index in [4.69, 9.17) is 10.5 Å². The number of amides is 2. The number of pyridine rings is 3. The summed E-state index contributed by atoms with van der Waals surface area (Å²) in [6, 6.07) is 13.9. The van der Waals surface area contributed by atoms with Gasteiger partial charge in [-0.25, -0.2) is 0 Å². The molecule has 0 radical (unpaired) electrons. The molecule has 0 fully saturated rings. The Morgan fingerprint density at radius 2 is 1.42 bits per heavy atom. The van der Waals surface area contributed by atoms with Crippen molar-refractivity contribution in [3.8, 4) is 22.6 Å². The number of carbonyl (C=O) groups is 2. The number of primary amides is 1. The summed E-state index contributed by atoms with van der Waals surface area (Å²) in [7, 11) is 0. The number of nitrogens with zero attached hydrogens (tertiary/aromatic N) is 1. The van der Waals surface area contributed by atoms with E-state index in [1.165, 1.54) is 55.0 Å². The maximum Gasteiger partial charge on any atom is 0.417 e. The number of hydrogen-bond acceptors (Lipinski definition) is 6. The molecule has 2 amide bonds. The van der Waals surface area contributed by atoms with Gasteiger partial charge in [0, 0.05) is 36.4 Å². The van der Waals surface area contributed by atoms with Crippen molar-refractivity contribution in [2.24, 2.45) is 5.73 Å². The van der Waals surface area contributed by atoms with Gasteiger partial charge in [-0.2, -0.15) is 26.3 Å². The fourth-order valence-electron chi connectivity index (χ4n) is 4.29. The maximum absolute atomic E-state index is 14.1. The summed E-state index contributed by atoms with van der Waals surface area (Å²) in [5.74, 6) is -2.14. The Labute approximate surface area is 266 Å². The van der Waals surface area contributed by atoms with E-state index in [-0.39, 0.29) is 28.3 Å². The number of aromatic nitrogens is 3. The fraction of sp³-hybridized carbons (Fsp3) is 0.0938.